The Morgan fingerprint density at radius 2 is 2.22 bits per heavy atom. The molecule has 1 aliphatic rings. The molecule has 18 heavy (non-hydrogen) atoms. The van der Waals surface area contributed by atoms with E-state index in [1.165, 1.54) is 6.07 Å². The molecule has 0 spiro atoms. The molecule has 2 aromatic rings. The molecule has 1 aromatic heterocycles. The number of hydrogen-bond donors (Lipinski definition) is 1. The molecule has 1 aromatic carbocycles. The van der Waals surface area contributed by atoms with Crippen LogP contribution in [0.4, 0.5) is 0 Å². The smallest absolute Gasteiger partial charge is 0.358 e. The van der Waals surface area contributed by atoms with E-state index in [2.05, 4.69) is 5.16 Å². The van der Waals surface area contributed by atoms with Crippen LogP contribution in [0.15, 0.2) is 28.8 Å². The van der Waals surface area contributed by atoms with E-state index in [1.54, 1.807) is 6.07 Å². The Morgan fingerprint density at radius 3 is 3.00 bits per heavy atom. The monoisotopic (exact) mass is 247 g/mol. The molecule has 6 heteroatoms. The molecule has 92 valence electrons. The number of carbonyl (C=O) groups is 1. The summed E-state index contributed by atoms with van der Waals surface area (Å²) in [6.07, 6.45) is 0. The molecule has 1 aliphatic heterocycles. The third-order valence-corrected chi connectivity index (χ3v) is 2.64. The number of carboxylic acid groups (broad SMARTS) is 1. The number of aromatic carboxylic acids is 1. The fourth-order valence-electron chi connectivity index (χ4n) is 1.73. The molecule has 0 saturated carbocycles. The lowest BCUT2D eigenvalue weighted by Crippen LogP contribution is -2.10. The van der Waals surface area contributed by atoms with Crippen molar-refractivity contribution in [3.05, 3.63) is 35.5 Å². The highest BCUT2D eigenvalue weighted by Crippen LogP contribution is 2.30. The molecule has 0 fully saturated rings. The van der Waals surface area contributed by atoms with Crippen LogP contribution in [0.3, 0.4) is 0 Å². The van der Waals surface area contributed by atoms with E-state index in [9.17, 15) is 4.79 Å². The van der Waals surface area contributed by atoms with E-state index in [-0.39, 0.29) is 12.5 Å². The van der Waals surface area contributed by atoms with Gasteiger partial charge in [-0.3, -0.25) is 0 Å². The van der Waals surface area contributed by atoms with Gasteiger partial charge in [0.05, 0.1) is 6.61 Å². The fraction of sp³-hybridized carbons (Fsp3) is 0.167. The maximum atomic E-state index is 10.7. The second-order valence-corrected chi connectivity index (χ2v) is 3.81. The summed E-state index contributed by atoms with van der Waals surface area (Å²) in [6, 6.07) is 6.82. The van der Waals surface area contributed by atoms with Gasteiger partial charge < -0.3 is 19.1 Å². The second kappa shape index (κ2) is 4.15. The maximum absolute atomic E-state index is 10.7. The van der Waals surface area contributed by atoms with Gasteiger partial charge >= 0.3 is 5.97 Å². The van der Waals surface area contributed by atoms with Crippen molar-refractivity contribution in [2.45, 2.75) is 6.61 Å². The number of nitrogens with zero attached hydrogens (tertiary/aromatic N) is 1. The highest BCUT2D eigenvalue weighted by molar-refractivity contribution is 5.86. The number of fused-ring (bicyclic) bond motifs is 1. The van der Waals surface area contributed by atoms with Gasteiger partial charge in [-0.1, -0.05) is 17.3 Å². The van der Waals surface area contributed by atoms with Gasteiger partial charge in [0.1, 0.15) is 5.75 Å². The topological polar surface area (TPSA) is 81.8 Å². The first-order chi connectivity index (χ1) is 8.74. The third-order valence-electron chi connectivity index (χ3n) is 2.64. The van der Waals surface area contributed by atoms with E-state index >= 15 is 0 Å². The van der Waals surface area contributed by atoms with Crippen molar-refractivity contribution < 1.29 is 23.9 Å². The Hall–Kier alpha value is -2.34. The molecule has 0 radical (unpaired) electrons. The van der Waals surface area contributed by atoms with Gasteiger partial charge in [-0.15, -0.1) is 0 Å². The quantitative estimate of drug-likeness (QED) is 0.872. The lowest BCUT2D eigenvalue weighted by atomic mass is 10.1. The molecule has 1 N–H and O–H groups in total. The molecule has 0 saturated heterocycles. The van der Waals surface area contributed by atoms with Crippen LogP contribution in [0.25, 0.3) is 11.3 Å². The van der Waals surface area contributed by atoms with Crippen molar-refractivity contribution in [2.75, 3.05) is 6.79 Å². The molecule has 0 bridgehead atoms. The maximum Gasteiger partial charge on any atom is 0.358 e. The zero-order chi connectivity index (χ0) is 12.5. The number of aromatic nitrogens is 1. The predicted molar refractivity (Wildman–Crippen MR) is 59.2 cm³/mol. The normalized spacial score (nSPS) is 13.8. The molecule has 2 heterocycles. The van der Waals surface area contributed by atoms with Gasteiger partial charge in [0.15, 0.2) is 18.2 Å². The van der Waals surface area contributed by atoms with Crippen LogP contribution >= 0.6 is 0 Å². The van der Waals surface area contributed by atoms with Crippen LogP contribution in [-0.2, 0) is 11.3 Å². The van der Waals surface area contributed by atoms with Gasteiger partial charge in [0.2, 0.25) is 0 Å². The molecule has 6 nitrogen and oxygen atoms in total. The zero-order valence-electron chi connectivity index (χ0n) is 9.25. The molecule has 0 amide bonds. The summed E-state index contributed by atoms with van der Waals surface area (Å²) in [4.78, 5) is 10.7. The van der Waals surface area contributed by atoms with Gasteiger partial charge in [-0.05, 0) is 6.07 Å². The Morgan fingerprint density at radius 1 is 1.33 bits per heavy atom. The average Bonchev–Trinajstić information content (AvgIpc) is 2.88. The van der Waals surface area contributed by atoms with Crippen molar-refractivity contribution in [3.8, 4) is 17.1 Å². The molecule has 0 aliphatic carbocycles. The lowest BCUT2D eigenvalue weighted by molar-refractivity contribution is -0.0163. The van der Waals surface area contributed by atoms with Crippen LogP contribution in [0.2, 0.25) is 0 Å². The number of ether oxygens (including phenoxy) is 2. The molecule has 0 unspecified atom stereocenters. The number of rotatable bonds is 2. The molecule has 3 rings (SSSR count). The van der Waals surface area contributed by atoms with Crippen molar-refractivity contribution in [3.63, 3.8) is 0 Å². The minimum absolute atomic E-state index is 0.119. The Balaban J connectivity index is 1.98. The van der Waals surface area contributed by atoms with E-state index in [0.717, 1.165) is 11.1 Å². The second-order valence-electron chi connectivity index (χ2n) is 3.81. The van der Waals surface area contributed by atoms with E-state index in [0.29, 0.717) is 18.1 Å². The van der Waals surface area contributed by atoms with E-state index < -0.39 is 5.97 Å². The van der Waals surface area contributed by atoms with Crippen molar-refractivity contribution in [2.24, 2.45) is 0 Å². The van der Waals surface area contributed by atoms with Crippen LogP contribution in [0, 0.1) is 0 Å². The van der Waals surface area contributed by atoms with Gasteiger partial charge in [0.25, 0.3) is 0 Å². The summed E-state index contributed by atoms with van der Waals surface area (Å²) in [5.41, 5.74) is 1.55. The average molecular weight is 247 g/mol. The first-order valence-corrected chi connectivity index (χ1v) is 5.28. The molecular weight excluding hydrogens is 238 g/mol. The summed E-state index contributed by atoms with van der Waals surface area (Å²) >= 11 is 0. The summed E-state index contributed by atoms with van der Waals surface area (Å²) in [7, 11) is 0. The van der Waals surface area contributed by atoms with Gasteiger partial charge in [-0.25, -0.2) is 4.79 Å². The van der Waals surface area contributed by atoms with Gasteiger partial charge in [0, 0.05) is 17.2 Å². The largest absolute Gasteiger partial charge is 0.476 e. The first kappa shape index (κ1) is 10.8. The van der Waals surface area contributed by atoms with E-state index in [4.69, 9.17) is 19.1 Å². The SMILES string of the molecule is O=C(O)c1cc(-c2ccc3c(c2)OCOC3)on1. The van der Waals surface area contributed by atoms with Crippen molar-refractivity contribution in [1.82, 2.24) is 5.16 Å². The number of hydrogen-bond acceptors (Lipinski definition) is 5. The minimum atomic E-state index is -1.12. The van der Waals surface area contributed by atoms with Crippen LogP contribution in [0.5, 0.6) is 5.75 Å². The fourth-order valence-corrected chi connectivity index (χ4v) is 1.73. The molecular formula is C12H9NO5. The predicted octanol–water partition coefficient (Wildman–Crippen LogP) is 1.91. The third kappa shape index (κ3) is 1.82. The number of carboxylic acids is 1. The molecule has 0 atom stereocenters. The van der Waals surface area contributed by atoms with Crippen LogP contribution < -0.4 is 4.74 Å². The first-order valence-electron chi connectivity index (χ1n) is 5.28. The standard InChI is InChI=1S/C12H9NO5/c14-12(15)9-4-11(18-13-9)7-1-2-8-5-16-6-17-10(8)3-7/h1-4H,5-6H2,(H,14,15). The Labute approximate surface area is 102 Å². The summed E-state index contributed by atoms with van der Waals surface area (Å²) in [6.45, 7) is 0.722. The Kier molecular flexibility index (Phi) is 2.49. The summed E-state index contributed by atoms with van der Waals surface area (Å²) < 4.78 is 15.5. The highest BCUT2D eigenvalue weighted by atomic mass is 16.7. The number of benzene rings is 1. The zero-order valence-corrected chi connectivity index (χ0v) is 9.25. The van der Waals surface area contributed by atoms with Crippen LogP contribution in [-0.4, -0.2) is 23.0 Å². The summed E-state index contributed by atoms with van der Waals surface area (Å²) in [5, 5.41) is 12.2. The van der Waals surface area contributed by atoms with Crippen molar-refractivity contribution >= 4 is 5.97 Å². The van der Waals surface area contributed by atoms with Crippen LogP contribution in [0.1, 0.15) is 16.1 Å². The lowest BCUT2D eigenvalue weighted by Gasteiger charge is -2.17. The van der Waals surface area contributed by atoms with Crippen molar-refractivity contribution in [1.29, 1.82) is 0 Å². The van der Waals surface area contributed by atoms with E-state index in [1.807, 2.05) is 12.1 Å². The Bertz CT molecular complexity index is 604. The minimum Gasteiger partial charge on any atom is -0.476 e. The van der Waals surface area contributed by atoms with Gasteiger partial charge in [-0.2, -0.15) is 0 Å². The highest BCUT2D eigenvalue weighted by Gasteiger charge is 2.15. The summed E-state index contributed by atoms with van der Waals surface area (Å²) in [5.74, 6) is -0.00933.